The molecule has 2 amide bonds. The highest BCUT2D eigenvalue weighted by atomic mass is 32.2. The number of hydrogen-bond acceptors (Lipinski definition) is 6. The summed E-state index contributed by atoms with van der Waals surface area (Å²) in [5, 5.41) is 8.10. The van der Waals surface area contributed by atoms with Crippen LogP contribution in [0.5, 0.6) is 0 Å². The topological polar surface area (TPSA) is 122 Å². The van der Waals surface area contributed by atoms with Crippen molar-refractivity contribution in [1.29, 1.82) is 0 Å². The van der Waals surface area contributed by atoms with Crippen molar-refractivity contribution in [3.63, 3.8) is 0 Å². The van der Waals surface area contributed by atoms with E-state index in [1.807, 2.05) is 0 Å². The van der Waals surface area contributed by atoms with Gasteiger partial charge in [0, 0.05) is 11.6 Å². The number of sulfonamides is 1. The maximum Gasteiger partial charge on any atom is 0.267 e. The Morgan fingerprint density at radius 1 is 1.06 bits per heavy atom. The number of fused-ring (bicyclic) bond motifs is 1. The molecule has 0 spiro atoms. The number of carbonyl (C=O) groups is 2. The number of thioether (sulfide) groups is 1. The molecule has 1 saturated heterocycles. The minimum Gasteiger partial charge on any atom is -0.319 e. The highest BCUT2D eigenvalue weighted by Gasteiger charge is 2.43. The smallest absolute Gasteiger partial charge is 0.267 e. The number of rotatable bonds is 3. The molecule has 2 fully saturated rings. The number of para-hydroxylation sites is 1. The first-order chi connectivity index (χ1) is 16.2. The lowest BCUT2D eigenvalue weighted by Crippen LogP contribution is -2.40. The first kappa shape index (κ1) is 22.8. The third-order valence-corrected chi connectivity index (χ3v) is 8.10. The van der Waals surface area contributed by atoms with Crippen molar-refractivity contribution in [1.82, 2.24) is 4.90 Å². The lowest BCUT2D eigenvalue weighted by Gasteiger charge is -2.30. The summed E-state index contributed by atoms with van der Waals surface area (Å²) in [7, 11) is -3.84. The van der Waals surface area contributed by atoms with Crippen molar-refractivity contribution >= 4 is 55.7 Å². The van der Waals surface area contributed by atoms with Gasteiger partial charge in [-0.25, -0.2) is 22.9 Å². The van der Waals surface area contributed by atoms with Crippen LogP contribution in [0.2, 0.25) is 0 Å². The number of benzene rings is 2. The standard InChI is InChI=1S/C23H21FN4O4S2/c24-17-8-4-7-16-18(21(29)27-19(16)17)20-22(30)28(14-5-2-1-3-6-14)23(33-20)26-13-9-11-15(12-10-13)34(25,31)32/h4,7-12,14H,1-3,5-6H2,(H,27,29)(H2,25,31,32)/b20-18-,26-23-. The highest BCUT2D eigenvalue weighted by Crippen LogP contribution is 2.45. The molecule has 1 aliphatic carbocycles. The Labute approximate surface area is 200 Å². The van der Waals surface area contributed by atoms with Crippen LogP contribution >= 0.6 is 11.8 Å². The summed E-state index contributed by atoms with van der Waals surface area (Å²) in [6.07, 6.45) is 4.69. The van der Waals surface area contributed by atoms with Crippen LogP contribution in [-0.2, 0) is 19.6 Å². The van der Waals surface area contributed by atoms with Gasteiger partial charge < -0.3 is 5.32 Å². The molecule has 0 unspecified atom stereocenters. The van der Waals surface area contributed by atoms with E-state index < -0.39 is 21.7 Å². The van der Waals surface area contributed by atoms with E-state index in [0.29, 0.717) is 16.4 Å². The lowest BCUT2D eigenvalue weighted by molar-refractivity contribution is -0.124. The molecule has 3 aliphatic rings. The summed E-state index contributed by atoms with van der Waals surface area (Å²) >= 11 is 1.08. The van der Waals surface area contributed by atoms with Gasteiger partial charge in [-0.05, 0) is 54.9 Å². The number of aliphatic imine (C=N–C) groups is 1. The number of nitrogens with zero attached hydrogens (tertiary/aromatic N) is 2. The number of amidine groups is 1. The van der Waals surface area contributed by atoms with Gasteiger partial charge in [0.05, 0.1) is 26.7 Å². The minimum atomic E-state index is -3.84. The van der Waals surface area contributed by atoms with Gasteiger partial charge in [-0.15, -0.1) is 0 Å². The van der Waals surface area contributed by atoms with Gasteiger partial charge >= 0.3 is 0 Å². The van der Waals surface area contributed by atoms with Gasteiger partial charge in [0.25, 0.3) is 11.8 Å². The van der Waals surface area contributed by atoms with Crippen LogP contribution < -0.4 is 10.5 Å². The number of carbonyl (C=O) groups excluding carboxylic acids is 2. The molecule has 3 N–H and O–H groups in total. The van der Waals surface area contributed by atoms with E-state index in [9.17, 15) is 22.4 Å². The van der Waals surface area contributed by atoms with Crippen LogP contribution in [0, 0.1) is 5.82 Å². The van der Waals surface area contributed by atoms with E-state index in [1.54, 1.807) is 11.0 Å². The van der Waals surface area contributed by atoms with Crippen LogP contribution in [0.3, 0.4) is 0 Å². The van der Waals surface area contributed by atoms with Crippen LogP contribution in [0.1, 0.15) is 37.7 Å². The Morgan fingerprint density at radius 3 is 2.44 bits per heavy atom. The predicted octanol–water partition coefficient (Wildman–Crippen LogP) is 3.73. The summed E-state index contributed by atoms with van der Waals surface area (Å²) < 4.78 is 37.4. The van der Waals surface area contributed by atoms with E-state index in [1.165, 1.54) is 36.4 Å². The van der Waals surface area contributed by atoms with Gasteiger partial charge in [-0.3, -0.25) is 14.5 Å². The monoisotopic (exact) mass is 500 g/mol. The number of anilines is 1. The summed E-state index contributed by atoms with van der Waals surface area (Å²) in [4.78, 5) is 32.8. The van der Waals surface area contributed by atoms with Crippen LogP contribution in [0.4, 0.5) is 15.8 Å². The molecule has 8 nitrogen and oxygen atoms in total. The zero-order valence-electron chi connectivity index (χ0n) is 18.0. The van der Waals surface area contributed by atoms with Crippen molar-refractivity contribution < 1.29 is 22.4 Å². The van der Waals surface area contributed by atoms with E-state index in [0.717, 1.165) is 43.9 Å². The third-order valence-electron chi connectivity index (χ3n) is 6.12. The fourth-order valence-corrected chi connectivity index (χ4v) is 6.15. The normalized spacial score (nSPS) is 22.4. The second kappa shape index (κ2) is 8.64. The van der Waals surface area contributed by atoms with Crippen molar-refractivity contribution in [2.24, 2.45) is 10.1 Å². The molecule has 2 aliphatic heterocycles. The molecule has 2 heterocycles. The SMILES string of the molecule is NS(=O)(=O)c1ccc(/N=C2\S/C(=C3\C(=O)Nc4c(F)cccc43)C(=O)N2C2CCCCC2)cc1. The summed E-state index contributed by atoms with van der Waals surface area (Å²) in [6.45, 7) is 0. The van der Waals surface area contributed by atoms with Gasteiger partial charge in [-0.1, -0.05) is 31.4 Å². The van der Waals surface area contributed by atoms with E-state index in [4.69, 9.17) is 5.14 Å². The number of hydrogen-bond donors (Lipinski definition) is 2. The van der Waals surface area contributed by atoms with E-state index in [-0.39, 0.29) is 33.0 Å². The fraction of sp³-hybridized carbons (Fsp3) is 0.261. The van der Waals surface area contributed by atoms with Gasteiger partial charge in [0.1, 0.15) is 5.82 Å². The average Bonchev–Trinajstić information content (AvgIpc) is 3.30. The lowest BCUT2D eigenvalue weighted by atomic mass is 9.94. The molecule has 11 heteroatoms. The largest absolute Gasteiger partial charge is 0.319 e. The van der Waals surface area contributed by atoms with Crippen molar-refractivity contribution in [2.75, 3.05) is 5.32 Å². The molecule has 0 radical (unpaired) electrons. The quantitative estimate of drug-likeness (QED) is 0.622. The third kappa shape index (κ3) is 4.04. The molecule has 2 aromatic carbocycles. The minimum absolute atomic E-state index is 0.0418. The van der Waals surface area contributed by atoms with Crippen LogP contribution in [-0.4, -0.2) is 36.3 Å². The number of nitrogens with two attached hydrogens (primary N) is 1. The number of primary sulfonamides is 1. The van der Waals surface area contributed by atoms with Gasteiger partial charge in [-0.2, -0.15) is 0 Å². The number of amides is 2. The molecule has 34 heavy (non-hydrogen) atoms. The zero-order chi connectivity index (χ0) is 24.0. The molecule has 0 atom stereocenters. The Bertz CT molecular complexity index is 1360. The first-order valence-electron chi connectivity index (χ1n) is 10.8. The average molecular weight is 501 g/mol. The molecular formula is C23H21FN4O4S2. The molecule has 1 saturated carbocycles. The van der Waals surface area contributed by atoms with E-state index >= 15 is 0 Å². The van der Waals surface area contributed by atoms with Gasteiger partial charge in [0.2, 0.25) is 10.0 Å². The maximum absolute atomic E-state index is 14.3. The van der Waals surface area contributed by atoms with Crippen molar-refractivity contribution in [2.45, 2.75) is 43.0 Å². The Kier molecular flexibility index (Phi) is 5.78. The molecule has 0 aromatic heterocycles. The van der Waals surface area contributed by atoms with Crippen LogP contribution in [0.15, 0.2) is 57.3 Å². The van der Waals surface area contributed by atoms with Crippen molar-refractivity contribution in [3.05, 3.63) is 58.8 Å². The second-order valence-corrected chi connectivity index (χ2v) is 10.9. The van der Waals surface area contributed by atoms with Gasteiger partial charge in [0.15, 0.2) is 5.17 Å². The van der Waals surface area contributed by atoms with Crippen molar-refractivity contribution in [3.8, 4) is 0 Å². The maximum atomic E-state index is 14.3. The highest BCUT2D eigenvalue weighted by molar-refractivity contribution is 8.18. The molecule has 176 valence electrons. The van der Waals surface area contributed by atoms with E-state index in [2.05, 4.69) is 10.3 Å². The summed E-state index contributed by atoms with van der Waals surface area (Å²) in [5.74, 6) is -1.43. The molecular weight excluding hydrogens is 479 g/mol. The molecule has 0 bridgehead atoms. The zero-order valence-corrected chi connectivity index (χ0v) is 19.6. The fourth-order valence-electron chi connectivity index (χ4n) is 4.48. The Hall–Kier alpha value is -3.02. The number of halogens is 1. The molecule has 5 rings (SSSR count). The second-order valence-electron chi connectivity index (χ2n) is 8.32. The van der Waals surface area contributed by atoms with Crippen LogP contribution in [0.25, 0.3) is 5.57 Å². The Balaban J connectivity index is 1.60. The Morgan fingerprint density at radius 2 is 1.76 bits per heavy atom. The summed E-state index contributed by atoms with van der Waals surface area (Å²) in [5.41, 5.74) is 0.997. The predicted molar refractivity (Wildman–Crippen MR) is 128 cm³/mol. The first-order valence-corrected chi connectivity index (χ1v) is 13.2. The summed E-state index contributed by atoms with van der Waals surface area (Å²) in [6, 6.07) is 10.0. The number of nitrogens with one attached hydrogen (secondary N) is 1. The molecule has 2 aromatic rings.